The van der Waals surface area contributed by atoms with Crippen LogP contribution < -0.4 is 10.2 Å². The number of nitrogens with one attached hydrogen (secondary N) is 1. The zero-order chi connectivity index (χ0) is 19.5. The summed E-state index contributed by atoms with van der Waals surface area (Å²) in [6.07, 6.45) is 1.47. The summed E-state index contributed by atoms with van der Waals surface area (Å²) in [5.41, 5.74) is 1.11. The first-order chi connectivity index (χ1) is 13.6. The first kappa shape index (κ1) is 19.7. The van der Waals surface area contributed by atoms with Crippen molar-refractivity contribution in [3.8, 4) is 0 Å². The molecule has 0 saturated carbocycles. The highest BCUT2D eigenvalue weighted by Gasteiger charge is 2.18. The van der Waals surface area contributed by atoms with Crippen LogP contribution in [0.3, 0.4) is 0 Å². The maximum Gasteiger partial charge on any atom is 0.234 e. The number of hydrogen-bond acceptors (Lipinski definition) is 8. The number of carbonyl (C=O) groups is 1. The molecular weight excluding hydrogens is 441 g/mol. The fourth-order valence-corrected chi connectivity index (χ4v) is 5.65. The van der Waals surface area contributed by atoms with E-state index in [0.717, 1.165) is 39.5 Å². The summed E-state index contributed by atoms with van der Waals surface area (Å²) < 4.78 is 14.1. The summed E-state index contributed by atoms with van der Waals surface area (Å²) in [5, 5.41) is 4.35. The van der Waals surface area contributed by atoms with Gasteiger partial charge in [0.05, 0.1) is 10.8 Å². The molecule has 1 amide bonds. The van der Waals surface area contributed by atoms with E-state index in [4.69, 9.17) is 11.6 Å². The van der Waals surface area contributed by atoms with Gasteiger partial charge in [0.25, 0.3) is 0 Å². The third kappa shape index (κ3) is 4.51. The number of rotatable bonds is 5. The summed E-state index contributed by atoms with van der Waals surface area (Å²) >= 11 is 10.6. The molecule has 1 saturated heterocycles. The van der Waals surface area contributed by atoms with Gasteiger partial charge in [-0.15, -0.1) is 0 Å². The van der Waals surface area contributed by atoms with E-state index in [1.165, 1.54) is 36.3 Å². The normalized spacial score (nSPS) is 14.4. The summed E-state index contributed by atoms with van der Waals surface area (Å²) in [6, 6.07) is 4.07. The molecule has 0 spiro atoms. The molecule has 3 aromatic rings. The molecule has 0 radical (unpaired) electrons. The highest BCUT2D eigenvalue weighted by Crippen LogP contribution is 2.34. The number of thiazole rings is 1. The number of halogens is 2. The molecule has 146 valence electrons. The lowest BCUT2D eigenvalue weighted by molar-refractivity contribution is -0.113. The van der Waals surface area contributed by atoms with Gasteiger partial charge in [0.2, 0.25) is 5.91 Å². The molecule has 4 rings (SSSR count). The monoisotopic (exact) mass is 455 g/mol. The van der Waals surface area contributed by atoms with Gasteiger partial charge in [-0.1, -0.05) is 34.7 Å². The lowest BCUT2D eigenvalue weighted by Gasteiger charge is -2.25. The number of hydrogen-bond donors (Lipinski definition) is 1. The Balaban J connectivity index is 1.44. The first-order valence-electron chi connectivity index (χ1n) is 8.42. The topological polar surface area (TPSA) is 71.0 Å². The van der Waals surface area contributed by atoms with Gasteiger partial charge in [-0.25, -0.2) is 14.4 Å². The van der Waals surface area contributed by atoms with Crippen molar-refractivity contribution in [1.29, 1.82) is 0 Å². The van der Waals surface area contributed by atoms with E-state index in [1.807, 2.05) is 11.8 Å². The van der Waals surface area contributed by atoms with Crippen molar-refractivity contribution in [2.75, 3.05) is 40.6 Å². The smallest absolute Gasteiger partial charge is 0.234 e. The van der Waals surface area contributed by atoms with Crippen LogP contribution in [0.1, 0.15) is 0 Å². The van der Waals surface area contributed by atoms with Crippen molar-refractivity contribution in [3.05, 3.63) is 35.4 Å². The second kappa shape index (κ2) is 8.81. The molecular formula is C17H15ClFN5OS3. The van der Waals surface area contributed by atoms with E-state index >= 15 is 0 Å². The number of aromatic nitrogens is 3. The van der Waals surface area contributed by atoms with E-state index < -0.39 is 5.82 Å². The maximum atomic E-state index is 13.2. The SMILES string of the molecule is O=C(CSc1ncnc2nc(N3CCSCC3)sc12)Nc1ccc(F)c(Cl)c1. The number of nitrogens with zero attached hydrogens (tertiary/aromatic N) is 4. The van der Waals surface area contributed by atoms with E-state index in [9.17, 15) is 9.18 Å². The molecule has 1 aliphatic rings. The molecule has 2 aromatic heterocycles. The molecule has 11 heteroatoms. The van der Waals surface area contributed by atoms with Gasteiger partial charge >= 0.3 is 0 Å². The second-order valence-electron chi connectivity index (χ2n) is 5.89. The van der Waals surface area contributed by atoms with Crippen LogP contribution in [0.4, 0.5) is 15.2 Å². The van der Waals surface area contributed by atoms with Gasteiger partial charge in [0, 0.05) is 30.3 Å². The van der Waals surface area contributed by atoms with Gasteiger partial charge in [-0.3, -0.25) is 4.79 Å². The number of amides is 1. The molecule has 6 nitrogen and oxygen atoms in total. The Bertz CT molecular complexity index is 1010. The molecule has 1 aliphatic heterocycles. The summed E-state index contributed by atoms with van der Waals surface area (Å²) in [5.74, 6) is 1.60. The molecule has 0 atom stereocenters. The van der Waals surface area contributed by atoms with E-state index in [2.05, 4.69) is 25.2 Å². The van der Waals surface area contributed by atoms with Gasteiger partial charge in [-0.2, -0.15) is 16.7 Å². The number of carbonyl (C=O) groups excluding carboxylic acids is 1. The Labute approximate surface area is 178 Å². The van der Waals surface area contributed by atoms with E-state index in [0.29, 0.717) is 11.3 Å². The largest absolute Gasteiger partial charge is 0.346 e. The van der Waals surface area contributed by atoms with E-state index in [-0.39, 0.29) is 16.7 Å². The lowest BCUT2D eigenvalue weighted by atomic mass is 10.3. The van der Waals surface area contributed by atoms with Crippen molar-refractivity contribution >= 4 is 73.5 Å². The number of fused-ring (bicyclic) bond motifs is 1. The van der Waals surface area contributed by atoms with Gasteiger partial charge in [-0.05, 0) is 18.2 Å². The highest BCUT2D eigenvalue weighted by atomic mass is 35.5. The van der Waals surface area contributed by atoms with Crippen LogP contribution in [0.15, 0.2) is 29.6 Å². The minimum absolute atomic E-state index is 0.0312. The van der Waals surface area contributed by atoms with Gasteiger partial charge < -0.3 is 10.2 Å². The Morgan fingerprint density at radius 1 is 1.32 bits per heavy atom. The van der Waals surface area contributed by atoms with Crippen molar-refractivity contribution in [2.45, 2.75) is 5.03 Å². The Hall–Kier alpha value is -1.62. The molecule has 0 unspecified atom stereocenters. The molecule has 3 heterocycles. The number of anilines is 2. The van der Waals surface area contributed by atoms with Crippen LogP contribution in [-0.2, 0) is 4.79 Å². The summed E-state index contributed by atoms with van der Waals surface area (Å²) in [4.78, 5) is 27.7. The minimum Gasteiger partial charge on any atom is -0.346 e. The third-order valence-electron chi connectivity index (χ3n) is 3.97. The molecule has 1 aromatic carbocycles. The highest BCUT2D eigenvalue weighted by molar-refractivity contribution is 8.00. The van der Waals surface area contributed by atoms with Crippen molar-refractivity contribution < 1.29 is 9.18 Å². The standard InChI is InChI=1S/C17H15ClFN5OS3/c18-11-7-10(1-2-12(11)19)22-13(25)8-27-16-14-15(20-9-21-16)23-17(28-14)24-3-5-26-6-4-24/h1-2,7,9H,3-6,8H2,(H,22,25). The Morgan fingerprint density at radius 3 is 2.93 bits per heavy atom. The van der Waals surface area contributed by atoms with E-state index in [1.54, 1.807) is 11.3 Å². The average Bonchev–Trinajstić information content (AvgIpc) is 3.15. The van der Waals surface area contributed by atoms with Gasteiger partial charge in [0.1, 0.15) is 21.9 Å². The maximum absolute atomic E-state index is 13.2. The second-order valence-corrected chi connectivity index (χ2v) is 9.47. The van der Waals surface area contributed by atoms with Crippen molar-refractivity contribution in [3.63, 3.8) is 0 Å². The van der Waals surface area contributed by atoms with Crippen LogP contribution >= 0.6 is 46.5 Å². The molecule has 0 aliphatic carbocycles. The molecule has 1 fully saturated rings. The lowest BCUT2D eigenvalue weighted by Crippen LogP contribution is -2.32. The zero-order valence-electron chi connectivity index (χ0n) is 14.5. The Kier molecular flexibility index (Phi) is 6.19. The predicted molar refractivity (Wildman–Crippen MR) is 116 cm³/mol. The van der Waals surface area contributed by atoms with Crippen LogP contribution in [0.2, 0.25) is 5.02 Å². The molecule has 28 heavy (non-hydrogen) atoms. The average molecular weight is 456 g/mol. The zero-order valence-corrected chi connectivity index (χ0v) is 17.7. The fraction of sp³-hybridized carbons (Fsp3) is 0.294. The summed E-state index contributed by atoms with van der Waals surface area (Å²) in [6.45, 7) is 1.95. The minimum atomic E-state index is -0.522. The predicted octanol–water partition coefficient (Wildman–Crippen LogP) is 4.16. The number of thioether (sulfide) groups is 2. The summed E-state index contributed by atoms with van der Waals surface area (Å²) in [7, 11) is 0. The van der Waals surface area contributed by atoms with Crippen LogP contribution in [0.25, 0.3) is 10.3 Å². The quantitative estimate of drug-likeness (QED) is 0.457. The number of benzene rings is 1. The molecule has 0 bridgehead atoms. The van der Waals surface area contributed by atoms with Crippen molar-refractivity contribution in [1.82, 2.24) is 15.0 Å². The van der Waals surface area contributed by atoms with Gasteiger partial charge in [0.15, 0.2) is 10.8 Å². The van der Waals surface area contributed by atoms with Crippen LogP contribution in [-0.4, -0.2) is 51.2 Å². The van der Waals surface area contributed by atoms with Crippen molar-refractivity contribution in [2.24, 2.45) is 0 Å². The first-order valence-corrected chi connectivity index (χ1v) is 11.8. The fourth-order valence-electron chi connectivity index (χ4n) is 2.62. The van der Waals surface area contributed by atoms with Crippen LogP contribution in [0, 0.1) is 5.82 Å². The molecule has 1 N–H and O–H groups in total. The van der Waals surface area contributed by atoms with Crippen LogP contribution in [0.5, 0.6) is 0 Å². The third-order valence-corrected chi connectivity index (χ3v) is 7.44. The Morgan fingerprint density at radius 2 is 2.14 bits per heavy atom.